The predicted molar refractivity (Wildman–Crippen MR) is 79.2 cm³/mol. The third kappa shape index (κ3) is 4.00. The molecule has 0 bridgehead atoms. The Hall–Kier alpha value is -0.530. The van der Waals surface area contributed by atoms with E-state index in [0.717, 1.165) is 17.4 Å². The highest BCUT2D eigenvalue weighted by Crippen LogP contribution is 2.24. The van der Waals surface area contributed by atoms with E-state index >= 15 is 0 Å². The van der Waals surface area contributed by atoms with Crippen LogP contribution in [0.5, 0.6) is 0 Å². The van der Waals surface area contributed by atoms with Crippen molar-refractivity contribution in [2.75, 3.05) is 0 Å². The first-order valence-corrected chi connectivity index (χ1v) is 7.53. The number of nitrogens with one attached hydrogen (secondary N) is 1. The van der Waals surface area contributed by atoms with E-state index in [1.54, 1.807) is 0 Å². The lowest BCUT2D eigenvalue weighted by Crippen LogP contribution is -2.43. The smallest absolute Gasteiger partial charge is 0.0408 e. The lowest BCUT2D eigenvalue weighted by molar-refractivity contribution is 0.262. The Morgan fingerprint density at radius 3 is 2.83 bits per heavy atom. The number of hydrogen-bond donors (Lipinski definition) is 1. The summed E-state index contributed by atoms with van der Waals surface area (Å²) in [4.78, 5) is 0. The Kier molecular flexibility index (Phi) is 5.08. The molecule has 0 amide bonds. The summed E-state index contributed by atoms with van der Waals surface area (Å²) in [6.07, 6.45) is 6.56. The van der Waals surface area contributed by atoms with Crippen LogP contribution in [0.2, 0.25) is 5.02 Å². The molecule has 0 spiro atoms. The number of hydrogen-bond acceptors (Lipinski definition) is 1. The quantitative estimate of drug-likeness (QED) is 0.849. The zero-order valence-corrected chi connectivity index (χ0v) is 12.2. The maximum Gasteiger partial charge on any atom is 0.0408 e. The summed E-state index contributed by atoms with van der Waals surface area (Å²) in [7, 11) is 0. The van der Waals surface area contributed by atoms with E-state index in [0.29, 0.717) is 12.1 Å². The molecule has 1 saturated carbocycles. The summed E-state index contributed by atoms with van der Waals surface area (Å²) in [5.74, 6) is 0.820. The SMILES string of the molecule is CC(Cc1cccc(Cl)c1)NC1CCCCC1C. The van der Waals surface area contributed by atoms with Gasteiger partial charge in [-0.05, 0) is 49.8 Å². The zero-order chi connectivity index (χ0) is 13.0. The Balaban J connectivity index is 1.86. The van der Waals surface area contributed by atoms with Crippen LogP contribution in [0.25, 0.3) is 0 Å². The normalized spacial score (nSPS) is 25.9. The van der Waals surface area contributed by atoms with E-state index in [9.17, 15) is 0 Å². The van der Waals surface area contributed by atoms with E-state index in [-0.39, 0.29) is 0 Å². The molecule has 1 aromatic rings. The standard InChI is InChI=1S/C16H24ClN/c1-12-6-3-4-9-16(12)18-13(2)10-14-7-5-8-15(17)11-14/h5,7-8,11-13,16,18H,3-4,6,9-10H2,1-2H3. The van der Waals surface area contributed by atoms with Crippen molar-refractivity contribution in [2.24, 2.45) is 5.92 Å². The molecule has 1 fully saturated rings. The minimum atomic E-state index is 0.522. The number of halogens is 1. The van der Waals surface area contributed by atoms with Crippen LogP contribution in [0.1, 0.15) is 45.1 Å². The zero-order valence-electron chi connectivity index (χ0n) is 11.5. The van der Waals surface area contributed by atoms with Gasteiger partial charge in [-0.3, -0.25) is 0 Å². The van der Waals surface area contributed by atoms with Crippen LogP contribution in [0.15, 0.2) is 24.3 Å². The van der Waals surface area contributed by atoms with Crippen LogP contribution < -0.4 is 5.32 Å². The lowest BCUT2D eigenvalue weighted by Gasteiger charge is -2.32. The molecule has 1 aliphatic carbocycles. The average Bonchev–Trinajstić information content (AvgIpc) is 2.32. The first kappa shape index (κ1) is 13.9. The highest BCUT2D eigenvalue weighted by atomic mass is 35.5. The van der Waals surface area contributed by atoms with Crippen molar-refractivity contribution in [1.29, 1.82) is 0 Å². The molecular formula is C16H24ClN. The fourth-order valence-electron chi connectivity index (χ4n) is 3.01. The van der Waals surface area contributed by atoms with Crippen LogP contribution in [0.3, 0.4) is 0 Å². The topological polar surface area (TPSA) is 12.0 Å². The molecule has 1 N–H and O–H groups in total. The summed E-state index contributed by atoms with van der Waals surface area (Å²) in [5.41, 5.74) is 1.32. The molecule has 0 heterocycles. The van der Waals surface area contributed by atoms with Crippen molar-refractivity contribution in [2.45, 2.75) is 58.0 Å². The fourth-order valence-corrected chi connectivity index (χ4v) is 3.22. The van der Waals surface area contributed by atoms with E-state index in [2.05, 4.69) is 31.3 Å². The van der Waals surface area contributed by atoms with Gasteiger partial charge in [-0.1, -0.05) is 43.5 Å². The molecule has 0 radical (unpaired) electrons. The van der Waals surface area contributed by atoms with Crippen molar-refractivity contribution in [3.63, 3.8) is 0 Å². The summed E-state index contributed by atoms with van der Waals surface area (Å²) in [5, 5.41) is 4.63. The van der Waals surface area contributed by atoms with Crippen LogP contribution in [0, 0.1) is 5.92 Å². The van der Waals surface area contributed by atoms with Crippen LogP contribution in [-0.4, -0.2) is 12.1 Å². The second-order valence-electron chi connectivity index (χ2n) is 5.77. The minimum absolute atomic E-state index is 0.522. The Labute approximate surface area is 116 Å². The van der Waals surface area contributed by atoms with Gasteiger partial charge < -0.3 is 5.32 Å². The second kappa shape index (κ2) is 6.58. The molecule has 1 nitrogen and oxygen atoms in total. The van der Waals surface area contributed by atoms with Gasteiger partial charge in [-0.25, -0.2) is 0 Å². The van der Waals surface area contributed by atoms with Crippen molar-refractivity contribution in [1.82, 2.24) is 5.32 Å². The van der Waals surface area contributed by atoms with Gasteiger partial charge in [-0.15, -0.1) is 0 Å². The molecule has 2 heteroatoms. The van der Waals surface area contributed by atoms with Crippen molar-refractivity contribution in [3.05, 3.63) is 34.9 Å². The average molecular weight is 266 g/mol. The van der Waals surface area contributed by atoms with Gasteiger partial charge >= 0.3 is 0 Å². The molecule has 2 rings (SSSR count). The fraction of sp³-hybridized carbons (Fsp3) is 0.625. The van der Waals surface area contributed by atoms with Gasteiger partial charge in [0.2, 0.25) is 0 Å². The molecule has 18 heavy (non-hydrogen) atoms. The maximum absolute atomic E-state index is 6.02. The Bertz CT molecular complexity index is 377. The Morgan fingerprint density at radius 1 is 1.33 bits per heavy atom. The maximum atomic E-state index is 6.02. The minimum Gasteiger partial charge on any atom is -0.311 e. The highest BCUT2D eigenvalue weighted by molar-refractivity contribution is 6.30. The van der Waals surface area contributed by atoms with Crippen LogP contribution >= 0.6 is 11.6 Å². The molecule has 0 aromatic heterocycles. The highest BCUT2D eigenvalue weighted by Gasteiger charge is 2.22. The van der Waals surface area contributed by atoms with E-state index in [4.69, 9.17) is 11.6 Å². The summed E-state index contributed by atoms with van der Waals surface area (Å²) >= 11 is 6.02. The first-order valence-electron chi connectivity index (χ1n) is 7.15. The van der Waals surface area contributed by atoms with Crippen molar-refractivity contribution >= 4 is 11.6 Å². The van der Waals surface area contributed by atoms with E-state index in [1.165, 1.54) is 31.2 Å². The summed E-state index contributed by atoms with van der Waals surface area (Å²) in [6, 6.07) is 9.43. The number of rotatable bonds is 4. The lowest BCUT2D eigenvalue weighted by atomic mass is 9.85. The number of benzene rings is 1. The van der Waals surface area contributed by atoms with Gasteiger partial charge in [0.1, 0.15) is 0 Å². The van der Waals surface area contributed by atoms with E-state index in [1.807, 2.05) is 12.1 Å². The first-order chi connectivity index (χ1) is 8.65. The molecule has 0 saturated heterocycles. The third-order valence-corrected chi connectivity index (χ3v) is 4.28. The molecule has 100 valence electrons. The van der Waals surface area contributed by atoms with Gasteiger partial charge in [0.15, 0.2) is 0 Å². The second-order valence-corrected chi connectivity index (χ2v) is 6.21. The van der Waals surface area contributed by atoms with E-state index < -0.39 is 0 Å². The molecule has 1 aromatic carbocycles. The van der Waals surface area contributed by atoms with Gasteiger partial charge in [0, 0.05) is 17.1 Å². The van der Waals surface area contributed by atoms with Gasteiger partial charge in [-0.2, -0.15) is 0 Å². The van der Waals surface area contributed by atoms with Crippen LogP contribution in [0.4, 0.5) is 0 Å². The summed E-state index contributed by atoms with van der Waals surface area (Å²) in [6.45, 7) is 4.66. The molecular weight excluding hydrogens is 242 g/mol. The van der Waals surface area contributed by atoms with Crippen molar-refractivity contribution in [3.8, 4) is 0 Å². The largest absolute Gasteiger partial charge is 0.311 e. The van der Waals surface area contributed by atoms with Crippen LogP contribution in [-0.2, 0) is 6.42 Å². The molecule has 0 aliphatic heterocycles. The monoisotopic (exact) mass is 265 g/mol. The van der Waals surface area contributed by atoms with Gasteiger partial charge in [0.05, 0.1) is 0 Å². The Morgan fingerprint density at radius 2 is 2.11 bits per heavy atom. The molecule has 3 unspecified atom stereocenters. The molecule has 3 atom stereocenters. The summed E-state index contributed by atoms with van der Waals surface area (Å²) < 4.78 is 0. The predicted octanol–water partition coefficient (Wildman–Crippen LogP) is 4.44. The third-order valence-electron chi connectivity index (χ3n) is 4.04. The van der Waals surface area contributed by atoms with Gasteiger partial charge in [0.25, 0.3) is 0 Å². The van der Waals surface area contributed by atoms with Crippen molar-refractivity contribution < 1.29 is 0 Å². The molecule has 1 aliphatic rings.